The number of aliphatic carboxylic acids is 1. The molecule has 0 amide bonds. The molecule has 0 saturated heterocycles. The lowest BCUT2D eigenvalue weighted by atomic mass is 9.90. The Labute approximate surface area is 249 Å². The number of carboxylic acid groups (broad SMARTS) is 1. The molecule has 0 fully saturated rings. The van der Waals surface area contributed by atoms with Crippen LogP contribution in [0.5, 0.6) is 0 Å². The first-order valence-electron chi connectivity index (χ1n) is 16.2. The van der Waals surface area contributed by atoms with Crippen LogP contribution >= 0.6 is 0 Å². The number of carbonyl (C=O) groups excluding carboxylic acids is 1. The number of hydrogen-bond acceptors (Lipinski definition) is 4. The molecule has 3 atom stereocenters. The minimum absolute atomic E-state index is 0.189. The van der Waals surface area contributed by atoms with Gasteiger partial charge in [0.2, 0.25) is 0 Å². The van der Waals surface area contributed by atoms with Gasteiger partial charge in [0.25, 0.3) is 0 Å². The van der Waals surface area contributed by atoms with E-state index in [4.69, 9.17) is 9.47 Å². The Hall–Kier alpha value is -2.66. The first-order valence-corrected chi connectivity index (χ1v) is 16.2. The molecular weight excluding hydrogens is 512 g/mol. The molecule has 0 saturated carbocycles. The van der Waals surface area contributed by atoms with Gasteiger partial charge in [0.05, 0.1) is 24.2 Å². The second-order valence-corrected chi connectivity index (χ2v) is 11.4. The van der Waals surface area contributed by atoms with Gasteiger partial charge in [-0.3, -0.25) is 4.79 Å². The molecule has 0 aliphatic heterocycles. The van der Waals surface area contributed by atoms with Crippen molar-refractivity contribution in [1.82, 2.24) is 0 Å². The number of esters is 1. The van der Waals surface area contributed by atoms with Gasteiger partial charge in [-0.25, -0.2) is 4.79 Å². The molecule has 1 N–H and O–H groups in total. The molecule has 2 aromatic carbocycles. The van der Waals surface area contributed by atoms with Crippen molar-refractivity contribution in [3.8, 4) is 0 Å². The van der Waals surface area contributed by atoms with E-state index in [0.29, 0.717) is 25.0 Å². The van der Waals surface area contributed by atoms with Gasteiger partial charge in [0.1, 0.15) is 6.10 Å². The zero-order valence-electron chi connectivity index (χ0n) is 25.6. The largest absolute Gasteiger partial charge is 0.481 e. The van der Waals surface area contributed by atoms with Crippen LogP contribution in [0, 0.1) is 5.92 Å². The third-order valence-electron chi connectivity index (χ3n) is 7.86. The van der Waals surface area contributed by atoms with E-state index in [1.807, 2.05) is 36.4 Å². The maximum Gasteiger partial charge on any atom is 0.338 e. The van der Waals surface area contributed by atoms with Crippen LogP contribution in [0.1, 0.15) is 133 Å². The lowest BCUT2D eigenvalue weighted by molar-refractivity contribution is -0.147. The van der Waals surface area contributed by atoms with E-state index >= 15 is 0 Å². The van der Waals surface area contributed by atoms with Gasteiger partial charge in [-0.05, 0) is 30.5 Å². The van der Waals surface area contributed by atoms with Gasteiger partial charge >= 0.3 is 11.9 Å². The Morgan fingerprint density at radius 2 is 1.20 bits per heavy atom. The highest BCUT2D eigenvalue weighted by Gasteiger charge is 2.33. The zero-order chi connectivity index (χ0) is 29.5. The minimum atomic E-state index is -0.905. The summed E-state index contributed by atoms with van der Waals surface area (Å²) in [4.78, 5) is 25.6. The van der Waals surface area contributed by atoms with Crippen molar-refractivity contribution in [2.45, 2.75) is 135 Å². The summed E-state index contributed by atoms with van der Waals surface area (Å²) in [6, 6.07) is 18.9. The smallest absolute Gasteiger partial charge is 0.338 e. The van der Waals surface area contributed by atoms with Crippen LogP contribution in [-0.2, 0) is 20.9 Å². The average molecular weight is 567 g/mol. The Bertz CT molecular complexity index is 930. The predicted octanol–water partition coefficient (Wildman–Crippen LogP) is 9.78. The van der Waals surface area contributed by atoms with Crippen molar-refractivity contribution in [2.75, 3.05) is 0 Å². The van der Waals surface area contributed by atoms with E-state index in [9.17, 15) is 14.7 Å². The quantitative estimate of drug-likeness (QED) is 0.101. The fourth-order valence-electron chi connectivity index (χ4n) is 5.33. The van der Waals surface area contributed by atoms with Gasteiger partial charge < -0.3 is 14.6 Å². The predicted molar refractivity (Wildman–Crippen MR) is 167 cm³/mol. The van der Waals surface area contributed by atoms with Crippen molar-refractivity contribution in [1.29, 1.82) is 0 Å². The van der Waals surface area contributed by atoms with E-state index in [1.54, 1.807) is 24.3 Å². The van der Waals surface area contributed by atoms with E-state index in [1.165, 1.54) is 44.9 Å². The van der Waals surface area contributed by atoms with Gasteiger partial charge in [-0.15, -0.1) is 0 Å². The maximum absolute atomic E-state index is 13.1. The summed E-state index contributed by atoms with van der Waals surface area (Å²) in [5, 5.41) is 10.2. The van der Waals surface area contributed by atoms with Crippen molar-refractivity contribution in [2.24, 2.45) is 5.92 Å². The molecule has 228 valence electrons. The zero-order valence-corrected chi connectivity index (χ0v) is 25.6. The molecule has 0 bridgehead atoms. The second-order valence-electron chi connectivity index (χ2n) is 11.4. The second kappa shape index (κ2) is 22.0. The fourth-order valence-corrected chi connectivity index (χ4v) is 5.33. The van der Waals surface area contributed by atoms with Crippen LogP contribution in [0.15, 0.2) is 60.7 Å². The molecule has 0 aromatic heterocycles. The molecule has 0 radical (unpaired) electrons. The summed E-state index contributed by atoms with van der Waals surface area (Å²) in [6.45, 7) is 4.84. The number of unbranched alkanes of at least 4 members (excludes halogenated alkanes) is 11. The Balaban J connectivity index is 2.09. The van der Waals surface area contributed by atoms with Crippen LogP contribution in [0.25, 0.3) is 0 Å². The first kappa shape index (κ1) is 34.5. The van der Waals surface area contributed by atoms with Gasteiger partial charge in [0, 0.05) is 6.42 Å². The SMILES string of the molecule is CCCCCCCCCCCC(CC(OC(=O)c1ccccc1)C(CCCCCC)C(=O)O)OCc1ccccc1. The van der Waals surface area contributed by atoms with Crippen LogP contribution in [0.4, 0.5) is 0 Å². The third kappa shape index (κ3) is 15.2. The minimum Gasteiger partial charge on any atom is -0.481 e. The standard InChI is InChI=1S/C36H54O5/c1-3-5-7-9-10-11-12-13-20-26-32(40-29-30-22-16-14-17-23-30)28-34(33(35(37)38)27-21-8-6-4-2)41-36(39)31-24-18-15-19-25-31/h14-19,22-25,32-34H,3-13,20-21,26-29H2,1-2H3,(H,37,38). The number of rotatable bonds is 24. The Kier molecular flexibility index (Phi) is 18.5. The maximum atomic E-state index is 13.1. The van der Waals surface area contributed by atoms with E-state index in [2.05, 4.69) is 13.8 Å². The number of ether oxygens (including phenoxy) is 2. The van der Waals surface area contributed by atoms with Gasteiger partial charge in [-0.2, -0.15) is 0 Å². The van der Waals surface area contributed by atoms with Gasteiger partial charge in [-0.1, -0.05) is 146 Å². The van der Waals surface area contributed by atoms with Crippen LogP contribution in [-0.4, -0.2) is 29.3 Å². The molecule has 5 nitrogen and oxygen atoms in total. The summed E-state index contributed by atoms with van der Waals surface area (Å²) in [6.07, 6.45) is 15.9. The van der Waals surface area contributed by atoms with Crippen LogP contribution in [0.2, 0.25) is 0 Å². The molecule has 2 aromatic rings. The summed E-state index contributed by atoms with van der Waals surface area (Å²) < 4.78 is 12.4. The number of carbonyl (C=O) groups is 2. The summed E-state index contributed by atoms with van der Waals surface area (Å²) in [7, 11) is 0. The lowest BCUT2D eigenvalue weighted by Gasteiger charge is -2.28. The van der Waals surface area contributed by atoms with Crippen LogP contribution in [0.3, 0.4) is 0 Å². The number of benzene rings is 2. The molecule has 0 aliphatic rings. The molecule has 3 unspecified atom stereocenters. The lowest BCUT2D eigenvalue weighted by Crippen LogP contribution is -2.36. The highest BCUT2D eigenvalue weighted by Crippen LogP contribution is 2.26. The first-order chi connectivity index (χ1) is 20.0. The molecule has 0 aliphatic carbocycles. The molecule has 41 heavy (non-hydrogen) atoms. The molecule has 2 rings (SSSR count). The van der Waals surface area contributed by atoms with E-state index in [-0.39, 0.29) is 6.10 Å². The van der Waals surface area contributed by atoms with Gasteiger partial charge in [0.15, 0.2) is 0 Å². The number of hydrogen-bond donors (Lipinski definition) is 1. The molecule has 0 heterocycles. The molecule has 5 heteroatoms. The normalized spacial score (nSPS) is 13.4. The highest BCUT2D eigenvalue weighted by atomic mass is 16.5. The van der Waals surface area contributed by atoms with E-state index in [0.717, 1.165) is 50.5 Å². The summed E-state index contributed by atoms with van der Waals surface area (Å²) in [5.41, 5.74) is 1.52. The summed E-state index contributed by atoms with van der Waals surface area (Å²) in [5.74, 6) is -2.14. The Morgan fingerprint density at radius 1 is 0.683 bits per heavy atom. The average Bonchev–Trinajstić information content (AvgIpc) is 2.99. The van der Waals surface area contributed by atoms with Crippen molar-refractivity contribution >= 4 is 11.9 Å². The topological polar surface area (TPSA) is 72.8 Å². The van der Waals surface area contributed by atoms with Crippen molar-refractivity contribution in [3.05, 3.63) is 71.8 Å². The molecular formula is C36H54O5. The highest BCUT2D eigenvalue weighted by molar-refractivity contribution is 5.89. The van der Waals surface area contributed by atoms with E-state index < -0.39 is 24.0 Å². The third-order valence-corrected chi connectivity index (χ3v) is 7.86. The Morgan fingerprint density at radius 3 is 1.78 bits per heavy atom. The van der Waals surface area contributed by atoms with Crippen molar-refractivity contribution < 1.29 is 24.2 Å². The number of carboxylic acids is 1. The summed E-state index contributed by atoms with van der Waals surface area (Å²) >= 11 is 0. The monoisotopic (exact) mass is 566 g/mol. The van der Waals surface area contributed by atoms with Crippen molar-refractivity contribution in [3.63, 3.8) is 0 Å². The fraction of sp³-hybridized carbons (Fsp3) is 0.611. The molecule has 0 spiro atoms. The van der Waals surface area contributed by atoms with Crippen LogP contribution < -0.4 is 0 Å².